The van der Waals surface area contributed by atoms with Crippen LogP contribution in [0.25, 0.3) is 0 Å². The van der Waals surface area contributed by atoms with Crippen molar-refractivity contribution in [2.75, 3.05) is 26.9 Å². The molecule has 1 heterocycles. The van der Waals surface area contributed by atoms with Crippen molar-refractivity contribution in [1.29, 1.82) is 0 Å². The molecule has 248 valence electrons. The molecule has 42 heavy (non-hydrogen) atoms. The van der Waals surface area contributed by atoms with E-state index in [0.717, 1.165) is 19.3 Å². The number of aliphatic hydroxyl groups excluding tert-OH is 1. The summed E-state index contributed by atoms with van der Waals surface area (Å²) >= 11 is 17.2. The number of carbonyl (C=O) groups is 1. The lowest BCUT2D eigenvalue weighted by atomic mass is 9.96. The average Bonchev–Trinajstić information content (AvgIpc) is 2.90. The van der Waals surface area contributed by atoms with Crippen LogP contribution in [0.3, 0.4) is 0 Å². The SMILES string of the molecule is CC=CO[C@H]1O[C@H](CO[Si](C)(C)C(C)(C)C)[C@@H](O)[C@H](OCC[C@@H](CCCCCCC)OC)[C@H]1NC(=O)OCC(Cl)(Cl)Cl. The standard InChI is InChI=1S/C29H54Cl3NO8Si/c1-9-11-12-13-14-15-21(36-6)16-18-37-25-23(33-27(35)39-20-29(30,31)32)26(38-17-10-2)41-22(24(25)34)19-40-42(7,8)28(3,4)5/h10,17,21-26,34H,9,11-16,18-20H2,1-8H3,(H,33,35)/t21-,22-,23-,24-,25-,26+/m1/s1. The second-order valence-corrected chi connectivity index (χ2v) is 19.6. The molecule has 2 N–H and O–H groups in total. The average molecular weight is 679 g/mol. The van der Waals surface area contributed by atoms with Crippen LogP contribution in [0, 0.1) is 0 Å². The van der Waals surface area contributed by atoms with Crippen LogP contribution in [-0.2, 0) is 28.1 Å². The summed E-state index contributed by atoms with van der Waals surface area (Å²) in [6.07, 6.45) is 5.85. The molecule has 0 spiro atoms. The highest BCUT2D eigenvalue weighted by Gasteiger charge is 2.49. The molecule has 0 aliphatic carbocycles. The fraction of sp³-hybridized carbons (Fsp3) is 0.897. The second kappa shape index (κ2) is 19.3. The zero-order valence-electron chi connectivity index (χ0n) is 26.6. The largest absolute Gasteiger partial charge is 0.471 e. The monoisotopic (exact) mass is 677 g/mol. The van der Waals surface area contributed by atoms with E-state index in [0.29, 0.717) is 6.42 Å². The number of methoxy groups -OCH3 is 1. The minimum atomic E-state index is -2.16. The Hall–Kier alpha value is -0.303. The van der Waals surface area contributed by atoms with Crippen LogP contribution in [0.1, 0.15) is 79.6 Å². The van der Waals surface area contributed by atoms with Gasteiger partial charge in [0.2, 0.25) is 10.1 Å². The van der Waals surface area contributed by atoms with Gasteiger partial charge in [-0.1, -0.05) is 101 Å². The van der Waals surface area contributed by atoms with E-state index in [1.54, 1.807) is 20.1 Å². The molecule has 1 aliphatic rings. The normalized spacial score (nSPS) is 24.5. The molecule has 0 aromatic rings. The van der Waals surface area contributed by atoms with Gasteiger partial charge < -0.3 is 38.5 Å². The summed E-state index contributed by atoms with van der Waals surface area (Å²) in [5.41, 5.74) is 0. The van der Waals surface area contributed by atoms with Crippen molar-refractivity contribution in [3.05, 3.63) is 12.3 Å². The molecule has 1 rings (SSSR count). The van der Waals surface area contributed by atoms with E-state index in [-0.39, 0.29) is 24.4 Å². The van der Waals surface area contributed by atoms with E-state index in [9.17, 15) is 9.90 Å². The van der Waals surface area contributed by atoms with Crippen LogP contribution < -0.4 is 5.32 Å². The topological polar surface area (TPSA) is 105 Å². The molecule has 1 fully saturated rings. The van der Waals surface area contributed by atoms with E-state index in [1.807, 2.05) is 0 Å². The predicted molar refractivity (Wildman–Crippen MR) is 171 cm³/mol. The third-order valence-corrected chi connectivity index (χ3v) is 12.6. The number of alkyl carbamates (subject to hydrolysis) is 1. The molecule has 6 atom stereocenters. The molecular formula is C29H54Cl3NO8Si. The summed E-state index contributed by atoms with van der Waals surface area (Å²) in [4.78, 5) is 12.7. The third kappa shape index (κ3) is 14.7. The zero-order valence-corrected chi connectivity index (χ0v) is 29.9. The van der Waals surface area contributed by atoms with Gasteiger partial charge in [-0.25, -0.2) is 4.79 Å². The second-order valence-electron chi connectivity index (χ2n) is 12.3. The molecule has 0 aromatic carbocycles. The van der Waals surface area contributed by atoms with Gasteiger partial charge in [-0.15, -0.1) is 0 Å². The summed E-state index contributed by atoms with van der Waals surface area (Å²) in [5, 5.41) is 14.1. The number of rotatable bonds is 18. The van der Waals surface area contributed by atoms with Gasteiger partial charge in [0.25, 0.3) is 0 Å². The van der Waals surface area contributed by atoms with Crippen molar-refractivity contribution in [2.24, 2.45) is 0 Å². The van der Waals surface area contributed by atoms with E-state index in [1.165, 1.54) is 25.5 Å². The fourth-order valence-corrected chi connectivity index (χ4v) is 5.38. The molecule has 0 bridgehead atoms. The van der Waals surface area contributed by atoms with Crippen molar-refractivity contribution >= 4 is 49.2 Å². The molecular weight excluding hydrogens is 625 g/mol. The Kier molecular flexibility index (Phi) is 18.2. The van der Waals surface area contributed by atoms with Crippen LogP contribution in [0.15, 0.2) is 12.3 Å². The van der Waals surface area contributed by atoms with Crippen molar-refractivity contribution in [1.82, 2.24) is 5.32 Å². The maximum absolute atomic E-state index is 12.7. The number of hydrogen-bond donors (Lipinski definition) is 2. The lowest BCUT2D eigenvalue weighted by Crippen LogP contribution is -2.66. The van der Waals surface area contributed by atoms with Crippen LogP contribution in [-0.4, -0.2) is 87.0 Å². The van der Waals surface area contributed by atoms with Gasteiger partial charge in [0, 0.05) is 13.7 Å². The molecule has 1 aliphatic heterocycles. The summed E-state index contributed by atoms with van der Waals surface area (Å²) in [6, 6.07) is -0.946. The van der Waals surface area contributed by atoms with Gasteiger partial charge in [-0.3, -0.25) is 0 Å². The quantitative estimate of drug-likeness (QED) is 0.0676. The maximum atomic E-state index is 12.7. The highest BCUT2D eigenvalue weighted by molar-refractivity contribution is 6.74. The van der Waals surface area contributed by atoms with Gasteiger partial charge in [-0.2, -0.15) is 0 Å². The van der Waals surface area contributed by atoms with Crippen LogP contribution in [0.2, 0.25) is 18.1 Å². The zero-order chi connectivity index (χ0) is 32.0. The Morgan fingerprint density at radius 2 is 1.79 bits per heavy atom. The van der Waals surface area contributed by atoms with Gasteiger partial charge in [0.05, 0.1) is 19.0 Å². The van der Waals surface area contributed by atoms with Crippen LogP contribution in [0.5, 0.6) is 0 Å². The van der Waals surface area contributed by atoms with E-state index in [2.05, 4.69) is 46.1 Å². The smallest absolute Gasteiger partial charge is 0.407 e. The third-order valence-electron chi connectivity index (χ3n) is 7.80. The van der Waals surface area contributed by atoms with Crippen molar-refractivity contribution < 1.29 is 38.0 Å². The Balaban J connectivity index is 3.09. The maximum Gasteiger partial charge on any atom is 0.407 e. The minimum Gasteiger partial charge on any atom is -0.471 e. The number of amides is 1. The number of carbonyl (C=O) groups excluding carboxylic acids is 1. The van der Waals surface area contributed by atoms with Crippen molar-refractivity contribution in [3.8, 4) is 0 Å². The molecule has 1 saturated heterocycles. The summed E-state index contributed by atoms with van der Waals surface area (Å²) in [5.74, 6) is 0. The molecule has 0 aromatic heterocycles. The molecule has 9 nitrogen and oxygen atoms in total. The number of nitrogens with one attached hydrogen (secondary N) is 1. The minimum absolute atomic E-state index is 0.0112. The van der Waals surface area contributed by atoms with Crippen molar-refractivity contribution in [2.45, 2.75) is 138 Å². The Bertz CT molecular complexity index is 794. The van der Waals surface area contributed by atoms with E-state index >= 15 is 0 Å². The number of halogens is 3. The lowest BCUT2D eigenvalue weighted by molar-refractivity contribution is -0.262. The predicted octanol–water partition coefficient (Wildman–Crippen LogP) is 7.26. The summed E-state index contributed by atoms with van der Waals surface area (Å²) in [7, 11) is -0.462. The molecule has 0 saturated carbocycles. The lowest BCUT2D eigenvalue weighted by Gasteiger charge is -2.45. The van der Waals surface area contributed by atoms with Crippen LogP contribution >= 0.6 is 34.8 Å². The number of allylic oxidation sites excluding steroid dienone is 1. The Morgan fingerprint density at radius 3 is 2.36 bits per heavy atom. The van der Waals surface area contributed by atoms with E-state index < -0.39 is 55.5 Å². The summed E-state index contributed by atoms with van der Waals surface area (Å²) < 4.78 is 33.6. The number of hydrogen-bond acceptors (Lipinski definition) is 8. The van der Waals surface area contributed by atoms with Gasteiger partial charge in [0.1, 0.15) is 31.0 Å². The van der Waals surface area contributed by atoms with Crippen molar-refractivity contribution in [3.63, 3.8) is 0 Å². The van der Waals surface area contributed by atoms with Crippen LogP contribution in [0.4, 0.5) is 4.79 Å². The number of ether oxygens (including phenoxy) is 5. The summed E-state index contributed by atoms with van der Waals surface area (Å²) in [6.45, 7) is 14.6. The Morgan fingerprint density at radius 1 is 1.12 bits per heavy atom. The Labute approximate surface area is 269 Å². The number of aliphatic hydroxyl groups is 1. The van der Waals surface area contributed by atoms with Gasteiger partial charge >= 0.3 is 6.09 Å². The molecule has 0 radical (unpaired) electrons. The molecule has 1 amide bonds. The highest BCUT2D eigenvalue weighted by Crippen LogP contribution is 2.37. The molecule has 0 unspecified atom stereocenters. The van der Waals surface area contributed by atoms with Gasteiger partial charge in [-0.05, 0) is 37.9 Å². The highest BCUT2D eigenvalue weighted by atomic mass is 35.6. The number of unbranched alkanes of at least 4 members (excludes halogenated alkanes) is 4. The molecule has 13 heteroatoms. The first-order chi connectivity index (χ1) is 19.6. The first-order valence-corrected chi connectivity index (χ1v) is 19.0. The number of alkyl halides is 3. The van der Waals surface area contributed by atoms with Gasteiger partial charge in [0.15, 0.2) is 8.32 Å². The first kappa shape index (κ1) is 39.7. The van der Waals surface area contributed by atoms with E-state index in [4.69, 9.17) is 62.9 Å². The first-order valence-electron chi connectivity index (χ1n) is 14.9. The fourth-order valence-electron chi connectivity index (χ4n) is 4.20.